The molecule has 0 radical (unpaired) electrons. The third-order valence-electron chi connectivity index (χ3n) is 5.69. The molecule has 1 amide bonds. The monoisotopic (exact) mass is 483 g/mol. The van der Waals surface area contributed by atoms with E-state index in [0.717, 1.165) is 24.3 Å². The molecule has 0 aromatic heterocycles. The minimum Gasteiger partial charge on any atom is -0.493 e. The van der Waals surface area contributed by atoms with Crippen molar-refractivity contribution in [2.75, 3.05) is 39.3 Å². The van der Waals surface area contributed by atoms with Crippen LogP contribution in [-0.2, 0) is 23.0 Å². The molecule has 0 spiro atoms. The SMILES string of the molecule is O=C(NCC(F)(F)F)c1ccc(S(=O)(=O)N2CCN(Cc3ccc4c(c3)CCO4)CC2)cc1. The molecule has 0 aliphatic carbocycles. The lowest BCUT2D eigenvalue weighted by molar-refractivity contribution is -0.123. The van der Waals surface area contributed by atoms with E-state index in [2.05, 4.69) is 11.0 Å². The van der Waals surface area contributed by atoms with Gasteiger partial charge in [-0.3, -0.25) is 9.69 Å². The summed E-state index contributed by atoms with van der Waals surface area (Å²) in [5, 5.41) is 1.76. The van der Waals surface area contributed by atoms with Crippen LogP contribution in [0.2, 0.25) is 0 Å². The molecule has 0 saturated carbocycles. The van der Waals surface area contributed by atoms with Crippen molar-refractivity contribution >= 4 is 15.9 Å². The number of ether oxygens (including phenoxy) is 1. The first-order chi connectivity index (χ1) is 15.6. The first-order valence-corrected chi connectivity index (χ1v) is 12.0. The van der Waals surface area contributed by atoms with Crippen LogP contribution in [0, 0.1) is 0 Å². The molecule has 2 heterocycles. The van der Waals surface area contributed by atoms with Crippen LogP contribution in [0.3, 0.4) is 0 Å². The molecule has 2 aromatic carbocycles. The van der Waals surface area contributed by atoms with E-state index < -0.39 is 28.7 Å². The number of nitrogens with zero attached hydrogens (tertiary/aromatic N) is 2. The van der Waals surface area contributed by atoms with E-state index in [9.17, 15) is 26.4 Å². The Morgan fingerprint density at radius 3 is 2.39 bits per heavy atom. The van der Waals surface area contributed by atoms with Gasteiger partial charge in [0.15, 0.2) is 0 Å². The molecular weight excluding hydrogens is 459 g/mol. The zero-order valence-electron chi connectivity index (χ0n) is 17.8. The van der Waals surface area contributed by atoms with Crippen LogP contribution < -0.4 is 10.1 Å². The minimum absolute atomic E-state index is 0.00180. The van der Waals surface area contributed by atoms with Crippen molar-refractivity contribution in [2.45, 2.75) is 24.0 Å². The summed E-state index contributed by atoms with van der Waals surface area (Å²) in [4.78, 5) is 14.0. The number of nitrogens with one attached hydrogen (secondary N) is 1. The van der Waals surface area contributed by atoms with Crippen molar-refractivity contribution in [3.8, 4) is 5.75 Å². The minimum atomic E-state index is -4.52. The molecule has 11 heteroatoms. The van der Waals surface area contributed by atoms with Crippen LogP contribution >= 0.6 is 0 Å². The Hall–Kier alpha value is -2.63. The summed E-state index contributed by atoms with van der Waals surface area (Å²) in [5.74, 6) is 0.0153. The molecule has 7 nitrogen and oxygen atoms in total. The van der Waals surface area contributed by atoms with Gasteiger partial charge in [0.05, 0.1) is 11.5 Å². The van der Waals surface area contributed by atoms with Crippen LogP contribution in [0.15, 0.2) is 47.4 Å². The highest BCUT2D eigenvalue weighted by molar-refractivity contribution is 7.89. The van der Waals surface area contributed by atoms with E-state index >= 15 is 0 Å². The number of sulfonamides is 1. The van der Waals surface area contributed by atoms with Gasteiger partial charge < -0.3 is 10.1 Å². The second kappa shape index (κ2) is 9.32. The summed E-state index contributed by atoms with van der Waals surface area (Å²) in [6, 6.07) is 11.1. The Labute approximate surface area is 190 Å². The van der Waals surface area contributed by atoms with Crippen LogP contribution in [0.25, 0.3) is 0 Å². The second-order valence-corrected chi connectivity index (χ2v) is 9.98. The molecule has 33 heavy (non-hydrogen) atoms. The van der Waals surface area contributed by atoms with Gasteiger partial charge in [0.25, 0.3) is 5.91 Å². The maximum atomic E-state index is 13.0. The maximum absolute atomic E-state index is 13.0. The van der Waals surface area contributed by atoms with Gasteiger partial charge in [-0.1, -0.05) is 12.1 Å². The van der Waals surface area contributed by atoms with Gasteiger partial charge in [0.1, 0.15) is 12.3 Å². The molecule has 0 bridgehead atoms. The molecule has 1 saturated heterocycles. The van der Waals surface area contributed by atoms with Crippen molar-refractivity contribution in [1.82, 2.24) is 14.5 Å². The Kier molecular flexibility index (Phi) is 6.64. The number of hydrogen-bond donors (Lipinski definition) is 1. The highest BCUT2D eigenvalue weighted by Gasteiger charge is 2.30. The zero-order valence-corrected chi connectivity index (χ0v) is 18.6. The fourth-order valence-electron chi connectivity index (χ4n) is 3.93. The first-order valence-electron chi connectivity index (χ1n) is 10.5. The number of carbonyl (C=O) groups is 1. The summed E-state index contributed by atoms with van der Waals surface area (Å²) >= 11 is 0. The van der Waals surface area contributed by atoms with Gasteiger partial charge in [-0.2, -0.15) is 17.5 Å². The van der Waals surface area contributed by atoms with E-state index in [1.807, 2.05) is 12.1 Å². The smallest absolute Gasteiger partial charge is 0.405 e. The van der Waals surface area contributed by atoms with Gasteiger partial charge in [0, 0.05) is 44.7 Å². The summed E-state index contributed by atoms with van der Waals surface area (Å²) in [7, 11) is -3.77. The van der Waals surface area contributed by atoms with Gasteiger partial charge in [0.2, 0.25) is 10.0 Å². The number of fused-ring (bicyclic) bond motifs is 1. The number of piperazine rings is 1. The largest absolute Gasteiger partial charge is 0.493 e. The van der Waals surface area contributed by atoms with Crippen molar-refractivity contribution in [2.24, 2.45) is 0 Å². The van der Waals surface area contributed by atoms with Crippen LogP contribution in [0.1, 0.15) is 21.5 Å². The molecular formula is C22H24F3N3O4S. The highest BCUT2D eigenvalue weighted by Crippen LogP contribution is 2.27. The highest BCUT2D eigenvalue weighted by atomic mass is 32.2. The van der Waals surface area contributed by atoms with Crippen LogP contribution in [-0.4, -0.2) is 69.0 Å². The number of carbonyl (C=O) groups excluding carboxylic acids is 1. The Balaban J connectivity index is 1.33. The molecule has 2 aliphatic heterocycles. The predicted molar refractivity (Wildman–Crippen MR) is 115 cm³/mol. The van der Waals surface area contributed by atoms with E-state index in [1.165, 1.54) is 34.1 Å². The van der Waals surface area contributed by atoms with Crippen molar-refractivity contribution in [3.05, 3.63) is 59.2 Å². The fraction of sp³-hybridized carbons (Fsp3) is 0.409. The van der Waals surface area contributed by atoms with E-state index in [4.69, 9.17) is 4.74 Å². The topological polar surface area (TPSA) is 79.0 Å². The first kappa shape index (κ1) is 23.5. The molecule has 1 N–H and O–H groups in total. The van der Waals surface area contributed by atoms with E-state index in [0.29, 0.717) is 32.8 Å². The molecule has 2 aliphatic rings. The summed E-state index contributed by atoms with van der Waals surface area (Å²) in [6.45, 7) is 1.77. The standard InChI is InChI=1S/C22H24F3N3O4S/c23-22(24,25)15-26-21(29)17-2-4-19(5-3-17)33(30,31)28-10-8-27(9-11-28)14-16-1-6-20-18(13-16)7-12-32-20/h1-6,13H,7-12,14-15H2,(H,26,29). The number of benzene rings is 2. The summed E-state index contributed by atoms with van der Waals surface area (Å²) < 4.78 is 69.6. The molecule has 0 atom stereocenters. The van der Waals surface area contributed by atoms with Gasteiger partial charge in [-0.15, -0.1) is 0 Å². The average molecular weight is 484 g/mol. The van der Waals surface area contributed by atoms with Gasteiger partial charge >= 0.3 is 6.18 Å². The lowest BCUT2D eigenvalue weighted by Gasteiger charge is -2.34. The number of halogens is 3. The molecule has 2 aromatic rings. The van der Waals surface area contributed by atoms with Gasteiger partial charge in [-0.25, -0.2) is 8.42 Å². The Bertz CT molecular complexity index is 1110. The fourth-order valence-corrected chi connectivity index (χ4v) is 5.36. The number of alkyl halides is 3. The van der Waals surface area contributed by atoms with Crippen molar-refractivity contribution < 1.29 is 31.1 Å². The third kappa shape index (κ3) is 5.66. The van der Waals surface area contributed by atoms with Crippen LogP contribution in [0.5, 0.6) is 5.75 Å². The lowest BCUT2D eigenvalue weighted by atomic mass is 10.1. The number of hydrogen-bond acceptors (Lipinski definition) is 5. The molecule has 0 unspecified atom stereocenters. The summed E-state index contributed by atoms with van der Waals surface area (Å²) in [6.07, 6.45) is -3.62. The Morgan fingerprint density at radius 2 is 1.73 bits per heavy atom. The predicted octanol–water partition coefficient (Wildman–Crippen LogP) is 2.42. The zero-order chi connectivity index (χ0) is 23.6. The quantitative estimate of drug-likeness (QED) is 0.683. The second-order valence-electron chi connectivity index (χ2n) is 8.04. The molecule has 178 valence electrons. The summed E-state index contributed by atoms with van der Waals surface area (Å²) in [5.41, 5.74) is 2.32. The molecule has 1 fully saturated rings. The lowest BCUT2D eigenvalue weighted by Crippen LogP contribution is -2.48. The maximum Gasteiger partial charge on any atom is 0.405 e. The van der Waals surface area contributed by atoms with Crippen molar-refractivity contribution in [1.29, 1.82) is 0 Å². The average Bonchev–Trinajstić information content (AvgIpc) is 3.25. The Morgan fingerprint density at radius 1 is 1.03 bits per heavy atom. The third-order valence-corrected chi connectivity index (χ3v) is 7.61. The van der Waals surface area contributed by atoms with Crippen molar-refractivity contribution in [3.63, 3.8) is 0 Å². The molecule has 4 rings (SSSR count). The van der Waals surface area contributed by atoms with Gasteiger partial charge in [-0.05, 0) is 41.5 Å². The number of amides is 1. The van der Waals surface area contributed by atoms with E-state index in [1.54, 1.807) is 5.32 Å². The number of rotatable bonds is 6. The van der Waals surface area contributed by atoms with Crippen LogP contribution in [0.4, 0.5) is 13.2 Å². The van der Waals surface area contributed by atoms with E-state index in [-0.39, 0.29) is 10.5 Å². The normalized spacial score (nSPS) is 17.4.